The first-order valence-corrected chi connectivity index (χ1v) is 11.0. The first-order chi connectivity index (χ1) is 14.2. The van der Waals surface area contributed by atoms with E-state index in [0.717, 1.165) is 0 Å². The molecule has 2 aromatic carbocycles. The Hall–Kier alpha value is -2.84. The molecule has 0 atom stereocenters. The number of halogens is 1. The minimum Gasteiger partial charge on any atom is -0.337 e. The molecule has 0 aromatic heterocycles. The molecule has 1 fully saturated rings. The lowest BCUT2D eigenvalue weighted by Crippen LogP contribution is -2.50. The van der Waals surface area contributed by atoms with Crippen molar-refractivity contribution in [1.82, 2.24) is 9.21 Å². The fraction of sp³-hybridized carbons (Fsp3) is 0.273. The Balaban J connectivity index is 1.66. The quantitative estimate of drug-likeness (QED) is 0.540. The fourth-order valence-electron chi connectivity index (χ4n) is 3.29. The van der Waals surface area contributed by atoms with Gasteiger partial charge >= 0.3 is 0 Å². The highest BCUT2D eigenvalue weighted by atomic mass is 32.2. The molecule has 0 N–H and O–H groups in total. The van der Waals surface area contributed by atoms with Gasteiger partial charge in [-0.05, 0) is 37.6 Å². The molecule has 6 nitrogen and oxygen atoms in total. The summed E-state index contributed by atoms with van der Waals surface area (Å²) in [6.07, 6.45) is 1.38. The normalized spacial score (nSPS) is 15.8. The van der Waals surface area contributed by atoms with Crippen LogP contribution in [-0.4, -0.2) is 55.5 Å². The number of carbonyl (C=O) groups excluding carboxylic acids is 2. The van der Waals surface area contributed by atoms with Crippen LogP contribution >= 0.6 is 0 Å². The van der Waals surface area contributed by atoms with Crippen LogP contribution in [0.25, 0.3) is 5.57 Å². The number of allylic oxidation sites excluding steroid dienone is 1. The van der Waals surface area contributed by atoms with E-state index in [1.165, 1.54) is 47.6 Å². The van der Waals surface area contributed by atoms with Crippen LogP contribution < -0.4 is 0 Å². The third kappa shape index (κ3) is 4.66. The summed E-state index contributed by atoms with van der Waals surface area (Å²) in [5, 5.41) is 0. The van der Waals surface area contributed by atoms with Crippen LogP contribution in [-0.2, 0) is 14.8 Å². The van der Waals surface area contributed by atoms with Crippen molar-refractivity contribution < 1.29 is 22.4 Å². The van der Waals surface area contributed by atoms with Gasteiger partial charge in [0.15, 0.2) is 5.78 Å². The molecule has 0 unspecified atom stereocenters. The topological polar surface area (TPSA) is 74.8 Å². The minimum atomic E-state index is -3.71. The third-order valence-corrected chi connectivity index (χ3v) is 7.00. The van der Waals surface area contributed by atoms with E-state index >= 15 is 0 Å². The summed E-state index contributed by atoms with van der Waals surface area (Å²) in [5.41, 5.74) is 1.32. The van der Waals surface area contributed by atoms with E-state index < -0.39 is 15.8 Å². The molecule has 0 radical (unpaired) electrons. The van der Waals surface area contributed by atoms with Crippen molar-refractivity contribution in [2.45, 2.75) is 18.7 Å². The molecular formula is C22H23FN2O4S. The lowest BCUT2D eigenvalue weighted by Gasteiger charge is -2.33. The van der Waals surface area contributed by atoms with Crippen molar-refractivity contribution in [3.8, 4) is 0 Å². The summed E-state index contributed by atoms with van der Waals surface area (Å²) in [4.78, 5) is 25.6. The number of sulfonamides is 1. The van der Waals surface area contributed by atoms with Crippen LogP contribution in [0.2, 0.25) is 0 Å². The summed E-state index contributed by atoms with van der Waals surface area (Å²) < 4.78 is 40.9. The minimum absolute atomic E-state index is 0.113. The maximum absolute atomic E-state index is 13.9. The third-order valence-electron chi connectivity index (χ3n) is 5.09. The zero-order valence-electron chi connectivity index (χ0n) is 16.8. The highest BCUT2D eigenvalue weighted by Gasteiger charge is 2.29. The summed E-state index contributed by atoms with van der Waals surface area (Å²) >= 11 is 0. The molecule has 0 aliphatic carbocycles. The van der Waals surface area contributed by atoms with E-state index in [2.05, 4.69) is 0 Å². The fourth-order valence-corrected chi connectivity index (χ4v) is 4.72. The molecule has 1 heterocycles. The Morgan fingerprint density at radius 3 is 2.10 bits per heavy atom. The predicted molar refractivity (Wildman–Crippen MR) is 112 cm³/mol. The Morgan fingerprint density at radius 2 is 1.53 bits per heavy atom. The highest BCUT2D eigenvalue weighted by molar-refractivity contribution is 7.89. The first-order valence-electron chi connectivity index (χ1n) is 9.53. The molecule has 0 bridgehead atoms. The second kappa shape index (κ2) is 8.89. The average molecular weight is 431 g/mol. The van der Waals surface area contributed by atoms with Gasteiger partial charge < -0.3 is 4.90 Å². The number of ketones is 1. The van der Waals surface area contributed by atoms with Gasteiger partial charge in [-0.15, -0.1) is 0 Å². The number of amides is 1. The van der Waals surface area contributed by atoms with Crippen molar-refractivity contribution in [3.05, 3.63) is 71.6 Å². The lowest BCUT2D eigenvalue weighted by atomic mass is 10.1. The zero-order chi connectivity index (χ0) is 21.9. The number of hydrogen-bond acceptors (Lipinski definition) is 4. The summed E-state index contributed by atoms with van der Waals surface area (Å²) in [5.74, 6) is -0.811. The molecular weight excluding hydrogens is 407 g/mol. The summed E-state index contributed by atoms with van der Waals surface area (Å²) in [6.45, 7) is 3.89. The van der Waals surface area contributed by atoms with Gasteiger partial charge in [0, 0.05) is 43.4 Å². The molecule has 1 saturated heterocycles. The molecule has 0 spiro atoms. The van der Waals surface area contributed by atoms with E-state index in [-0.39, 0.29) is 42.8 Å². The Kier molecular flexibility index (Phi) is 6.48. The number of carbonyl (C=O) groups is 2. The van der Waals surface area contributed by atoms with Crippen molar-refractivity contribution in [3.63, 3.8) is 0 Å². The molecule has 30 heavy (non-hydrogen) atoms. The Labute approximate surface area is 175 Å². The van der Waals surface area contributed by atoms with E-state index in [4.69, 9.17) is 0 Å². The largest absolute Gasteiger partial charge is 0.337 e. The summed E-state index contributed by atoms with van der Waals surface area (Å²) in [7, 11) is -3.71. The Bertz CT molecular complexity index is 1090. The van der Waals surface area contributed by atoms with Gasteiger partial charge in [-0.25, -0.2) is 12.8 Å². The second-order valence-corrected chi connectivity index (χ2v) is 9.06. The number of rotatable bonds is 5. The van der Waals surface area contributed by atoms with Gasteiger partial charge in [0.2, 0.25) is 15.9 Å². The van der Waals surface area contributed by atoms with E-state index in [1.807, 2.05) is 0 Å². The highest BCUT2D eigenvalue weighted by Crippen LogP contribution is 2.20. The van der Waals surface area contributed by atoms with Crippen LogP contribution in [0.15, 0.2) is 59.5 Å². The second-order valence-electron chi connectivity index (χ2n) is 7.12. The molecule has 1 aliphatic rings. The van der Waals surface area contributed by atoms with Crippen molar-refractivity contribution >= 4 is 27.3 Å². The van der Waals surface area contributed by atoms with E-state index in [9.17, 15) is 22.4 Å². The van der Waals surface area contributed by atoms with Crippen LogP contribution in [0.1, 0.15) is 29.8 Å². The van der Waals surface area contributed by atoms with Crippen LogP contribution in [0, 0.1) is 5.82 Å². The zero-order valence-corrected chi connectivity index (χ0v) is 17.7. The smallest absolute Gasteiger partial charge is 0.246 e. The predicted octanol–water partition coefficient (Wildman–Crippen LogP) is 2.96. The van der Waals surface area contributed by atoms with Crippen molar-refractivity contribution in [2.24, 2.45) is 0 Å². The van der Waals surface area contributed by atoms with Gasteiger partial charge in [-0.3, -0.25) is 9.59 Å². The SMILES string of the molecule is CC(=O)c1ccc(S(=O)(=O)N2CCN(C(=O)C=C(C)c3ccccc3F)CC2)cc1. The van der Waals surface area contributed by atoms with Crippen molar-refractivity contribution in [2.75, 3.05) is 26.2 Å². The Morgan fingerprint density at radius 1 is 0.933 bits per heavy atom. The van der Waals surface area contributed by atoms with Crippen LogP contribution in [0.3, 0.4) is 0 Å². The number of Topliss-reactive ketones (excluding diaryl/α,β-unsaturated/α-hetero) is 1. The van der Waals surface area contributed by atoms with Gasteiger partial charge in [0.25, 0.3) is 0 Å². The molecule has 158 valence electrons. The summed E-state index contributed by atoms with van der Waals surface area (Å²) in [6, 6.07) is 12.1. The van der Waals surface area contributed by atoms with Gasteiger partial charge in [0.05, 0.1) is 4.90 Å². The molecule has 1 amide bonds. The lowest BCUT2D eigenvalue weighted by molar-refractivity contribution is -0.127. The number of benzene rings is 2. The van der Waals surface area contributed by atoms with Gasteiger partial charge in [0.1, 0.15) is 5.82 Å². The van der Waals surface area contributed by atoms with E-state index in [0.29, 0.717) is 16.7 Å². The standard InChI is InChI=1S/C22H23FN2O4S/c1-16(20-5-3-4-6-21(20)23)15-22(27)24-11-13-25(14-12-24)30(28,29)19-9-7-18(8-10-19)17(2)26/h3-10,15H,11-14H2,1-2H3. The molecule has 0 saturated carbocycles. The molecule has 1 aliphatic heterocycles. The molecule has 2 aromatic rings. The van der Waals surface area contributed by atoms with Crippen LogP contribution in [0.5, 0.6) is 0 Å². The van der Waals surface area contributed by atoms with Gasteiger partial charge in [-0.1, -0.05) is 30.3 Å². The molecule has 3 rings (SSSR count). The monoisotopic (exact) mass is 430 g/mol. The number of piperazine rings is 1. The molecule has 8 heteroatoms. The first kappa shape index (κ1) is 21.9. The van der Waals surface area contributed by atoms with Gasteiger partial charge in [-0.2, -0.15) is 4.31 Å². The maximum atomic E-state index is 13.9. The maximum Gasteiger partial charge on any atom is 0.246 e. The number of nitrogens with zero attached hydrogens (tertiary/aromatic N) is 2. The number of hydrogen-bond donors (Lipinski definition) is 0. The van der Waals surface area contributed by atoms with Crippen LogP contribution in [0.4, 0.5) is 4.39 Å². The average Bonchev–Trinajstić information content (AvgIpc) is 2.74. The van der Waals surface area contributed by atoms with E-state index in [1.54, 1.807) is 30.0 Å². The van der Waals surface area contributed by atoms with Crippen molar-refractivity contribution in [1.29, 1.82) is 0 Å².